The first-order chi connectivity index (χ1) is 20.3. The molecule has 43 heavy (non-hydrogen) atoms. The average molecular weight is 599 g/mol. The first kappa shape index (κ1) is 29.7. The highest BCUT2D eigenvalue weighted by molar-refractivity contribution is 6.42. The van der Waals surface area contributed by atoms with Crippen molar-refractivity contribution >= 4 is 17.1 Å². The normalized spacial score (nSPS) is 34.0. The maximum atomic E-state index is 13.9. The maximum absolute atomic E-state index is 13.9. The van der Waals surface area contributed by atoms with Crippen LogP contribution in [0.3, 0.4) is 0 Å². The van der Waals surface area contributed by atoms with Gasteiger partial charge >= 0.3 is 0 Å². The molecule has 12 heteroatoms. The van der Waals surface area contributed by atoms with Crippen molar-refractivity contribution in [2.45, 2.75) is 95.3 Å². The number of phenolic OH excluding ortho intramolecular Hbond substituents is 2. The third-order valence-corrected chi connectivity index (χ3v) is 8.57. The van der Waals surface area contributed by atoms with Crippen molar-refractivity contribution < 1.29 is 59.2 Å². The molecule has 2 aromatic carbocycles. The lowest BCUT2D eigenvalue weighted by atomic mass is 9.72. The lowest BCUT2D eigenvalue weighted by Crippen LogP contribution is -2.54. The largest absolute Gasteiger partial charge is 0.507 e. The van der Waals surface area contributed by atoms with Crippen LogP contribution in [0.5, 0.6) is 17.2 Å². The minimum absolute atomic E-state index is 0.00269. The molecule has 4 aliphatic rings. The van der Waals surface area contributed by atoms with Gasteiger partial charge in [0.1, 0.15) is 29.5 Å². The van der Waals surface area contributed by atoms with E-state index >= 15 is 0 Å². The summed E-state index contributed by atoms with van der Waals surface area (Å²) in [6, 6.07) is 5.70. The summed E-state index contributed by atoms with van der Waals surface area (Å²) in [6.45, 7) is 5.00. The Hall–Kier alpha value is -3.36. The van der Waals surface area contributed by atoms with Crippen LogP contribution in [0.2, 0.25) is 0 Å². The molecule has 0 spiro atoms. The van der Waals surface area contributed by atoms with Crippen LogP contribution in [-0.4, -0.2) is 97.5 Å². The Labute approximate surface area is 246 Å². The number of hydrogen-bond acceptors (Lipinski definition) is 12. The molecule has 0 aromatic heterocycles. The zero-order chi connectivity index (χ0) is 30.9. The first-order valence-electron chi connectivity index (χ1n) is 14.2. The van der Waals surface area contributed by atoms with E-state index in [-0.39, 0.29) is 58.6 Å². The molecule has 2 saturated heterocycles. The maximum Gasteiger partial charge on any atom is 0.202 e. The fourth-order valence-electron chi connectivity index (χ4n) is 6.51. The van der Waals surface area contributed by atoms with Crippen LogP contribution >= 0.6 is 0 Å². The molecule has 230 valence electrons. The summed E-state index contributed by atoms with van der Waals surface area (Å²) in [7, 11) is 0. The Morgan fingerprint density at radius 2 is 1.51 bits per heavy atom. The Bertz CT molecular complexity index is 1490. The quantitative estimate of drug-likeness (QED) is 0.296. The Morgan fingerprint density at radius 3 is 2.21 bits per heavy atom. The van der Waals surface area contributed by atoms with Crippen molar-refractivity contribution in [3.8, 4) is 17.2 Å². The van der Waals surface area contributed by atoms with Crippen molar-refractivity contribution in [3.05, 3.63) is 57.7 Å². The van der Waals surface area contributed by atoms with E-state index in [1.54, 1.807) is 26.8 Å². The van der Waals surface area contributed by atoms with Crippen LogP contribution in [0.1, 0.15) is 64.1 Å². The third kappa shape index (κ3) is 5.02. The van der Waals surface area contributed by atoms with Crippen LogP contribution < -0.4 is 4.74 Å². The minimum Gasteiger partial charge on any atom is -0.507 e. The topological polar surface area (TPSA) is 192 Å². The van der Waals surface area contributed by atoms with Gasteiger partial charge in [0.05, 0.1) is 41.6 Å². The molecule has 6 N–H and O–H groups in total. The number of hydrogen-bond donors (Lipinski definition) is 6. The summed E-state index contributed by atoms with van der Waals surface area (Å²) in [6.07, 6.45) is -8.90. The summed E-state index contributed by atoms with van der Waals surface area (Å²) in [5.74, 6) is -2.24. The van der Waals surface area contributed by atoms with E-state index in [4.69, 9.17) is 18.9 Å². The predicted octanol–water partition coefficient (Wildman–Crippen LogP) is 1.27. The van der Waals surface area contributed by atoms with Gasteiger partial charge in [0.25, 0.3) is 0 Å². The highest BCUT2D eigenvalue weighted by Gasteiger charge is 2.46. The van der Waals surface area contributed by atoms with E-state index in [2.05, 4.69) is 0 Å². The molecular formula is C31H34O12. The number of phenols is 2. The highest BCUT2D eigenvalue weighted by Crippen LogP contribution is 2.47. The summed E-state index contributed by atoms with van der Waals surface area (Å²) >= 11 is 0. The standard InChI is InChI=1S/C31H34O12/c1-11-6-14-8-17(34)25-27(23(14)16(33)7-11)30(39)24-15(32)4-5-20(26(24)29(25)38)42-21-10-19(36)31(13(3)41-21)43-22-9-18(35)28(37)12(2)40-22/h4-7,12-13,17-19,21-22,28,31-37H,8-10H2,1-3H3/t12?,13?,17-,18-,19-,21+,22+,28-,31-/m1/s1. The molecule has 6 rings (SSSR count). The number of allylic oxidation sites excluding steroid dienone is 1. The number of aliphatic hydroxyl groups excluding tert-OH is 4. The highest BCUT2D eigenvalue weighted by atomic mass is 16.7. The van der Waals surface area contributed by atoms with Gasteiger partial charge in [-0.1, -0.05) is 6.07 Å². The Kier molecular flexibility index (Phi) is 7.58. The zero-order valence-electron chi connectivity index (χ0n) is 23.8. The third-order valence-electron chi connectivity index (χ3n) is 8.57. The molecule has 0 amide bonds. The molecule has 2 aliphatic carbocycles. The fraction of sp³-hybridized carbons (Fsp3) is 0.484. The number of carbonyl (C=O) groups excluding carboxylic acids is 2. The van der Waals surface area contributed by atoms with Gasteiger partial charge in [-0.05, 0) is 50.1 Å². The summed E-state index contributed by atoms with van der Waals surface area (Å²) in [5.41, 5.74) is 0.447. The number of ether oxygens (including phenoxy) is 4. The molecular weight excluding hydrogens is 564 g/mol. The van der Waals surface area contributed by atoms with Gasteiger partial charge in [0.15, 0.2) is 17.9 Å². The van der Waals surface area contributed by atoms with E-state index < -0.39 is 72.6 Å². The van der Waals surface area contributed by atoms with Crippen molar-refractivity contribution in [3.63, 3.8) is 0 Å². The minimum atomic E-state index is -1.33. The Balaban J connectivity index is 1.26. The van der Waals surface area contributed by atoms with Crippen molar-refractivity contribution in [2.24, 2.45) is 0 Å². The molecule has 12 nitrogen and oxygen atoms in total. The molecule has 9 atom stereocenters. The van der Waals surface area contributed by atoms with Gasteiger partial charge in [-0.25, -0.2) is 0 Å². The molecule has 0 bridgehead atoms. The fourth-order valence-corrected chi connectivity index (χ4v) is 6.51. The van der Waals surface area contributed by atoms with E-state index in [0.29, 0.717) is 5.56 Å². The summed E-state index contributed by atoms with van der Waals surface area (Å²) in [5, 5.41) is 63.3. The monoisotopic (exact) mass is 598 g/mol. The van der Waals surface area contributed by atoms with Crippen LogP contribution in [0, 0.1) is 6.92 Å². The second-order valence-electron chi connectivity index (χ2n) is 11.7. The van der Waals surface area contributed by atoms with Crippen molar-refractivity contribution in [1.82, 2.24) is 0 Å². The molecule has 2 aliphatic heterocycles. The van der Waals surface area contributed by atoms with E-state index in [1.165, 1.54) is 18.2 Å². The molecule has 2 unspecified atom stereocenters. The number of aromatic hydroxyl groups is 2. The number of fused-ring (bicyclic) bond motifs is 3. The number of aliphatic hydroxyl groups is 4. The smallest absolute Gasteiger partial charge is 0.202 e. The van der Waals surface area contributed by atoms with Crippen LogP contribution in [-0.2, 0) is 20.6 Å². The zero-order valence-corrected chi connectivity index (χ0v) is 23.8. The van der Waals surface area contributed by atoms with E-state index in [9.17, 15) is 40.2 Å². The molecule has 0 saturated carbocycles. The van der Waals surface area contributed by atoms with Gasteiger partial charge in [0.2, 0.25) is 6.29 Å². The van der Waals surface area contributed by atoms with Gasteiger partial charge in [0, 0.05) is 36.0 Å². The van der Waals surface area contributed by atoms with Gasteiger partial charge in [-0.15, -0.1) is 0 Å². The number of benzene rings is 2. The number of ketones is 2. The second kappa shape index (κ2) is 11.0. The van der Waals surface area contributed by atoms with Crippen molar-refractivity contribution in [2.75, 3.05) is 0 Å². The Morgan fingerprint density at radius 1 is 0.814 bits per heavy atom. The van der Waals surface area contributed by atoms with E-state index in [0.717, 1.165) is 5.56 Å². The summed E-state index contributed by atoms with van der Waals surface area (Å²) < 4.78 is 23.4. The van der Waals surface area contributed by atoms with Crippen LogP contribution in [0.15, 0.2) is 29.8 Å². The average Bonchev–Trinajstić information content (AvgIpc) is 2.92. The molecule has 0 radical (unpaired) electrons. The van der Waals surface area contributed by atoms with Gasteiger partial charge < -0.3 is 49.6 Å². The van der Waals surface area contributed by atoms with Gasteiger partial charge in [-0.2, -0.15) is 0 Å². The number of rotatable bonds is 4. The van der Waals surface area contributed by atoms with Crippen LogP contribution in [0.25, 0.3) is 5.57 Å². The number of carbonyl (C=O) groups is 2. The van der Waals surface area contributed by atoms with Crippen molar-refractivity contribution in [1.29, 1.82) is 0 Å². The van der Waals surface area contributed by atoms with Gasteiger partial charge in [-0.3, -0.25) is 9.59 Å². The lowest BCUT2D eigenvalue weighted by Gasteiger charge is -2.42. The molecule has 2 heterocycles. The lowest BCUT2D eigenvalue weighted by molar-refractivity contribution is -0.303. The molecule has 2 aromatic rings. The predicted molar refractivity (Wildman–Crippen MR) is 148 cm³/mol. The van der Waals surface area contributed by atoms with E-state index in [1.807, 2.05) is 0 Å². The molecule has 2 fully saturated rings. The number of aryl methyl sites for hydroxylation is 1. The number of Topliss-reactive ketones (excluding diaryl/α,β-unsaturated/α-hetero) is 2. The summed E-state index contributed by atoms with van der Waals surface area (Å²) in [4.78, 5) is 27.7. The second-order valence-corrected chi connectivity index (χ2v) is 11.7. The SMILES string of the molecule is Cc1cc(O)c2c(c1)C[C@@H](O)C1=C2C(=O)c2c(O)ccc(O[C@H]3C[C@@H](O)[C@H](O[C@H]4C[C@@H](O)[C@H](O)C(C)O4)C(C)O3)c2C1=O. The first-order valence-corrected chi connectivity index (χ1v) is 14.2. The van der Waals surface area contributed by atoms with Crippen LogP contribution in [0.4, 0.5) is 0 Å².